The van der Waals surface area contributed by atoms with Crippen molar-refractivity contribution in [1.82, 2.24) is 0 Å². The predicted octanol–water partition coefficient (Wildman–Crippen LogP) is 6.17. The van der Waals surface area contributed by atoms with Gasteiger partial charge in [-0.3, -0.25) is 4.79 Å². The zero-order valence-electron chi connectivity index (χ0n) is 20.1. The van der Waals surface area contributed by atoms with Crippen molar-refractivity contribution in [3.63, 3.8) is 0 Å². The largest absolute Gasteiger partial charge is 0.481 e. The smallest absolute Gasteiger partial charge is 0.303 e. The highest BCUT2D eigenvalue weighted by molar-refractivity contribution is 5.67. The number of alkyl halides is 1. The topological polar surface area (TPSA) is 76.0 Å². The molecule has 1 aliphatic heterocycles. The highest BCUT2D eigenvalue weighted by atomic mass is 19.1. The average molecular weight is 455 g/mol. The Morgan fingerprint density at radius 3 is 2.69 bits per heavy atom. The summed E-state index contributed by atoms with van der Waals surface area (Å²) in [6, 6.07) is 0. The second-order valence-corrected chi connectivity index (χ2v) is 9.61. The second kappa shape index (κ2) is 13.3. The van der Waals surface area contributed by atoms with Crippen LogP contribution in [0.2, 0.25) is 0 Å². The van der Waals surface area contributed by atoms with Crippen molar-refractivity contribution in [2.24, 2.45) is 17.3 Å². The molecule has 0 aromatic carbocycles. The number of carboxylic acid groups (broad SMARTS) is 1. The number of halogens is 1. The maximum absolute atomic E-state index is 14.5. The van der Waals surface area contributed by atoms with E-state index in [0.29, 0.717) is 38.0 Å². The van der Waals surface area contributed by atoms with Crippen LogP contribution in [0.5, 0.6) is 0 Å². The van der Waals surface area contributed by atoms with Gasteiger partial charge in [0.1, 0.15) is 6.17 Å². The first-order valence-corrected chi connectivity index (χ1v) is 12.5. The summed E-state index contributed by atoms with van der Waals surface area (Å²) >= 11 is 0. The van der Waals surface area contributed by atoms with E-state index in [1.807, 2.05) is 32.1 Å². The highest BCUT2D eigenvalue weighted by Crippen LogP contribution is 2.54. The molecule has 1 aliphatic carbocycles. The average Bonchev–Trinajstić information content (AvgIpc) is 3.08. The Balaban J connectivity index is 2.32. The molecule has 0 amide bonds. The standard InChI is InChI=1S/C26H43FO5/c1-4-6-10-19(18-24(29)30)26(3)21(14-16-23(26)28)22(15-13-20(27)11-7-5-2)32-25-12-8-9-17-31-25/h4,6,15,19-21,23,25,28H,5,7-14,16-18H2,1-3H3,(H,29,30)/t19-,20?,21+,23-,25?,26+/m0/s1. The first-order valence-electron chi connectivity index (χ1n) is 12.5. The molecule has 2 aliphatic rings. The maximum atomic E-state index is 14.5. The Bertz CT molecular complexity index is 628. The number of allylic oxidation sites excluding steroid dienone is 4. The van der Waals surface area contributed by atoms with Crippen LogP contribution in [-0.4, -0.2) is 41.4 Å². The lowest BCUT2D eigenvalue weighted by Crippen LogP contribution is -2.42. The van der Waals surface area contributed by atoms with Crippen molar-refractivity contribution in [1.29, 1.82) is 0 Å². The monoisotopic (exact) mass is 454 g/mol. The van der Waals surface area contributed by atoms with Gasteiger partial charge in [-0.2, -0.15) is 0 Å². The molecule has 6 heteroatoms. The van der Waals surface area contributed by atoms with Gasteiger partial charge in [0, 0.05) is 30.6 Å². The molecule has 0 radical (unpaired) electrons. The molecule has 184 valence electrons. The Hall–Kier alpha value is -1.40. The fraction of sp³-hybridized carbons (Fsp3) is 0.808. The third-order valence-electron chi connectivity index (χ3n) is 7.35. The molecule has 0 aromatic rings. The third-order valence-corrected chi connectivity index (χ3v) is 7.35. The van der Waals surface area contributed by atoms with Gasteiger partial charge in [0.15, 0.2) is 6.29 Å². The fourth-order valence-electron chi connectivity index (χ4n) is 5.27. The summed E-state index contributed by atoms with van der Waals surface area (Å²) in [4.78, 5) is 11.7. The van der Waals surface area contributed by atoms with E-state index >= 15 is 0 Å². The van der Waals surface area contributed by atoms with Gasteiger partial charge in [0.05, 0.1) is 18.5 Å². The molecule has 6 atom stereocenters. The van der Waals surface area contributed by atoms with Crippen LogP contribution in [0.25, 0.3) is 0 Å². The Labute approximate surface area is 193 Å². The predicted molar refractivity (Wildman–Crippen MR) is 124 cm³/mol. The van der Waals surface area contributed by atoms with E-state index in [4.69, 9.17) is 9.47 Å². The van der Waals surface area contributed by atoms with Gasteiger partial charge in [-0.15, -0.1) is 0 Å². The van der Waals surface area contributed by atoms with Crippen molar-refractivity contribution in [3.05, 3.63) is 24.0 Å². The number of rotatable bonds is 13. The first kappa shape index (κ1) is 26.8. The molecule has 0 spiro atoms. The van der Waals surface area contributed by atoms with E-state index in [2.05, 4.69) is 6.92 Å². The zero-order chi connectivity index (χ0) is 23.6. The van der Waals surface area contributed by atoms with Gasteiger partial charge in [-0.25, -0.2) is 4.39 Å². The van der Waals surface area contributed by atoms with Crippen molar-refractivity contribution in [2.75, 3.05) is 6.61 Å². The maximum Gasteiger partial charge on any atom is 0.303 e. The van der Waals surface area contributed by atoms with E-state index in [-0.39, 0.29) is 31.0 Å². The molecule has 0 aromatic heterocycles. The Morgan fingerprint density at radius 2 is 2.06 bits per heavy atom. The molecule has 2 fully saturated rings. The fourth-order valence-corrected chi connectivity index (χ4v) is 5.27. The minimum atomic E-state index is -0.934. The van der Waals surface area contributed by atoms with Crippen LogP contribution >= 0.6 is 0 Å². The van der Waals surface area contributed by atoms with Gasteiger partial charge >= 0.3 is 5.97 Å². The van der Waals surface area contributed by atoms with Gasteiger partial charge in [0.2, 0.25) is 0 Å². The minimum absolute atomic E-state index is 0.0240. The minimum Gasteiger partial charge on any atom is -0.481 e. The second-order valence-electron chi connectivity index (χ2n) is 9.61. The van der Waals surface area contributed by atoms with E-state index in [1.54, 1.807) is 0 Å². The molecular weight excluding hydrogens is 411 g/mol. The lowest BCUT2D eigenvalue weighted by molar-refractivity contribution is -0.153. The van der Waals surface area contributed by atoms with Crippen LogP contribution < -0.4 is 0 Å². The van der Waals surface area contributed by atoms with Crippen LogP contribution in [0.3, 0.4) is 0 Å². The van der Waals surface area contributed by atoms with E-state index in [9.17, 15) is 19.4 Å². The Morgan fingerprint density at radius 1 is 1.28 bits per heavy atom. The summed E-state index contributed by atoms with van der Waals surface area (Å²) in [5, 5.41) is 20.6. The van der Waals surface area contributed by atoms with Gasteiger partial charge in [-0.05, 0) is 57.4 Å². The highest BCUT2D eigenvalue weighted by Gasteiger charge is 2.53. The molecule has 5 nitrogen and oxygen atoms in total. The lowest BCUT2D eigenvalue weighted by atomic mass is 9.65. The molecule has 2 unspecified atom stereocenters. The molecule has 1 saturated heterocycles. The quantitative estimate of drug-likeness (QED) is 0.257. The van der Waals surface area contributed by atoms with Crippen molar-refractivity contribution in [3.8, 4) is 0 Å². The molecule has 1 heterocycles. The van der Waals surface area contributed by atoms with Crippen molar-refractivity contribution in [2.45, 2.75) is 110 Å². The number of ether oxygens (including phenoxy) is 2. The summed E-state index contributed by atoms with van der Waals surface area (Å²) in [7, 11) is 0. The van der Waals surface area contributed by atoms with Crippen LogP contribution in [0.1, 0.15) is 91.4 Å². The molecular formula is C26H43FO5. The molecule has 2 rings (SSSR count). The number of carbonyl (C=O) groups is 1. The number of carboxylic acids is 1. The van der Waals surface area contributed by atoms with Crippen molar-refractivity contribution < 1.29 is 28.9 Å². The summed E-state index contributed by atoms with van der Waals surface area (Å²) in [5.41, 5.74) is -0.673. The third kappa shape index (κ3) is 7.31. The summed E-state index contributed by atoms with van der Waals surface area (Å²) in [5.74, 6) is -0.620. The van der Waals surface area contributed by atoms with Crippen LogP contribution in [-0.2, 0) is 14.3 Å². The van der Waals surface area contributed by atoms with Crippen LogP contribution in [0.15, 0.2) is 24.0 Å². The number of aliphatic carboxylic acids is 1. The van der Waals surface area contributed by atoms with Crippen molar-refractivity contribution >= 4 is 5.97 Å². The summed E-state index contributed by atoms with van der Waals surface area (Å²) < 4.78 is 26.6. The van der Waals surface area contributed by atoms with Crippen LogP contribution in [0.4, 0.5) is 4.39 Å². The van der Waals surface area contributed by atoms with E-state index < -0.39 is 23.7 Å². The van der Waals surface area contributed by atoms with Gasteiger partial charge in [-0.1, -0.05) is 38.8 Å². The molecule has 1 saturated carbocycles. The summed E-state index contributed by atoms with van der Waals surface area (Å²) in [6.45, 7) is 6.59. The zero-order valence-corrected chi connectivity index (χ0v) is 20.1. The molecule has 0 bridgehead atoms. The number of hydrogen-bond acceptors (Lipinski definition) is 4. The number of aliphatic hydroxyl groups is 1. The number of hydrogen-bond donors (Lipinski definition) is 2. The SMILES string of the molecule is CC=CC[C@@H](CC(=O)O)[C@]1(C)[C@@H](C(=CCC(F)CCCC)OC2CCCCO2)CC[C@@H]1O. The lowest BCUT2D eigenvalue weighted by Gasteiger charge is -2.42. The summed E-state index contributed by atoms with van der Waals surface area (Å²) in [6.07, 6.45) is 11.0. The first-order chi connectivity index (χ1) is 15.3. The van der Waals surface area contributed by atoms with Gasteiger partial charge in [0.25, 0.3) is 0 Å². The molecule has 2 N–H and O–H groups in total. The normalized spacial score (nSPS) is 31.0. The van der Waals surface area contributed by atoms with E-state index in [0.717, 1.165) is 32.1 Å². The number of unbranched alkanes of at least 4 members (excludes halogenated alkanes) is 1. The Kier molecular flexibility index (Phi) is 11.2. The number of aliphatic hydroxyl groups excluding tert-OH is 1. The molecule has 32 heavy (non-hydrogen) atoms. The van der Waals surface area contributed by atoms with E-state index in [1.165, 1.54) is 0 Å². The van der Waals surface area contributed by atoms with Gasteiger partial charge < -0.3 is 19.7 Å². The van der Waals surface area contributed by atoms with Crippen LogP contribution in [0, 0.1) is 17.3 Å².